The average Bonchev–Trinajstić information content (AvgIpc) is 2.41. The topological polar surface area (TPSA) is 72.3 Å². The molecule has 4 N–H and O–H groups in total. The van der Waals surface area contributed by atoms with E-state index in [1.807, 2.05) is 12.1 Å². The Labute approximate surface area is 125 Å². The number of hydrogen-bond donors (Lipinski definition) is 2. The molecule has 5 heteroatoms. The zero-order valence-corrected chi connectivity index (χ0v) is 12.6. The second-order valence-electron chi connectivity index (χ2n) is 5.48. The maximum absolute atomic E-state index is 11.3. The number of hydrogen-bond acceptors (Lipinski definition) is 3. The van der Waals surface area contributed by atoms with Gasteiger partial charge in [-0.25, -0.2) is 0 Å². The van der Waals surface area contributed by atoms with Crippen LogP contribution in [0.25, 0.3) is 0 Å². The Morgan fingerprint density at radius 3 is 2.80 bits per heavy atom. The summed E-state index contributed by atoms with van der Waals surface area (Å²) in [6.07, 6.45) is 1.93. The Hall–Kier alpha value is -1.46. The van der Waals surface area contributed by atoms with Gasteiger partial charge in [0, 0.05) is 18.7 Å². The molecule has 1 aromatic carbocycles. The zero-order chi connectivity index (χ0) is 14.7. The van der Waals surface area contributed by atoms with Crippen molar-refractivity contribution in [3.63, 3.8) is 0 Å². The van der Waals surface area contributed by atoms with Gasteiger partial charge in [-0.05, 0) is 43.5 Å². The molecule has 1 fully saturated rings. The highest BCUT2D eigenvalue weighted by atomic mass is 32.1. The van der Waals surface area contributed by atoms with Crippen molar-refractivity contribution in [3.05, 3.63) is 34.9 Å². The van der Waals surface area contributed by atoms with Gasteiger partial charge in [-0.1, -0.05) is 24.4 Å². The van der Waals surface area contributed by atoms with E-state index in [-0.39, 0.29) is 11.8 Å². The molecular weight excluding hydrogens is 270 g/mol. The van der Waals surface area contributed by atoms with Gasteiger partial charge in [0.05, 0.1) is 5.92 Å². The summed E-state index contributed by atoms with van der Waals surface area (Å²) < 4.78 is 0. The molecule has 0 radical (unpaired) electrons. The van der Waals surface area contributed by atoms with E-state index in [9.17, 15) is 4.79 Å². The largest absolute Gasteiger partial charge is 0.389 e. The van der Waals surface area contributed by atoms with Crippen LogP contribution in [0.5, 0.6) is 0 Å². The molecule has 20 heavy (non-hydrogen) atoms. The van der Waals surface area contributed by atoms with Crippen molar-refractivity contribution in [3.8, 4) is 0 Å². The lowest BCUT2D eigenvalue weighted by molar-refractivity contribution is -0.123. The molecule has 4 nitrogen and oxygen atoms in total. The Kier molecular flexibility index (Phi) is 4.73. The fourth-order valence-electron chi connectivity index (χ4n) is 2.70. The SMILES string of the molecule is Cc1cc(C(N)=S)ccc1CN1CCCC(C(N)=O)C1. The number of amides is 1. The summed E-state index contributed by atoms with van der Waals surface area (Å²) in [5.74, 6) is -0.199. The average molecular weight is 291 g/mol. The molecule has 1 aliphatic heterocycles. The van der Waals surface area contributed by atoms with Crippen LogP contribution < -0.4 is 11.5 Å². The highest BCUT2D eigenvalue weighted by Crippen LogP contribution is 2.20. The van der Waals surface area contributed by atoms with E-state index in [1.54, 1.807) is 0 Å². The molecule has 1 unspecified atom stereocenters. The predicted octanol–water partition coefficient (Wildman–Crippen LogP) is 1.33. The molecule has 108 valence electrons. The second-order valence-corrected chi connectivity index (χ2v) is 5.92. The molecule has 1 amide bonds. The van der Waals surface area contributed by atoms with Crippen molar-refractivity contribution in [1.29, 1.82) is 0 Å². The van der Waals surface area contributed by atoms with Crippen LogP contribution in [0.2, 0.25) is 0 Å². The van der Waals surface area contributed by atoms with E-state index in [0.717, 1.165) is 38.0 Å². The normalized spacial score (nSPS) is 19.8. The van der Waals surface area contributed by atoms with E-state index < -0.39 is 0 Å². The quantitative estimate of drug-likeness (QED) is 0.821. The zero-order valence-electron chi connectivity index (χ0n) is 11.8. The van der Waals surface area contributed by atoms with Gasteiger partial charge in [0.25, 0.3) is 0 Å². The van der Waals surface area contributed by atoms with Gasteiger partial charge in [0.2, 0.25) is 5.91 Å². The van der Waals surface area contributed by atoms with Gasteiger partial charge in [-0.15, -0.1) is 0 Å². The molecular formula is C15H21N3OS. The molecule has 0 aromatic heterocycles. The molecule has 1 heterocycles. The van der Waals surface area contributed by atoms with Crippen molar-refractivity contribution in [1.82, 2.24) is 4.90 Å². The number of likely N-dealkylation sites (tertiary alicyclic amines) is 1. The summed E-state index contributed by atoms with van der Waals surface area (Å²) in [6.45, 7) is 4.67. The van der Waals surface area contributed by atoms with Crippen LogP contribution in [0, 0.1) is 12.8 Å². The standard InChI is InChI=1S/C15H21N3OS/c1-10-7-11(15(17)20)4-5-12(10)8-18-6-2-3-13(9-18)14(16)19/h4-5,7,13H,2-3,6,8-9H2,1H3,(H2,16,19)(H2,17,20). The van der Waals surface area contributed by atoms with Crippen LogP contribution in [0.1, 0.15) is 29.5 Å². The smallest absolute Gasteiger partial charge is 0.221 e. The number of benzene rings is 1. The molecule has 1 saturated heterocycles. The van der Waals surface area contributed by atoms with Crippen LogP contribution >= 0.6 is 12.2 Å². The number of carbonyl (C=O) groups is 1. The maximum atomic E-state index is 11.3. The molecule has 0 spiro atoms. The molecule has 1 aliphatic rings. The van der Waals surface area contributed by atoms with Crippen LogP contribution in [0.3, 0.4) is 0 Å². The number of aryl methyl sites for hydroxylation is 1. The van der Waals surface area contributed by atoms with Crippen LogP contribution in [-0.2, 0) is 11.3 Å². The summed E-state index contributed by atoms with van der Waals surface area (Å²) in [6, 6.07) is 6.05. The molecule has 0 saturated carbocycles. The van der Waals surface area contributed by atoms with Crippen LogP contribution in [-0.4, -0.2) is 28.9 Å². The van der Waals surface area contributed by atoms with Crippen molar-refractivity contribution in [2.75, 3.05) is 13.1 Å². The lowest BCUT2D eigenvalue weighted by atomic mass is 9.96. The van der Waals surface area contributed by atoms with E-state index >= 15 is 0 Å². The number of rotatable bonds is 4. The predicted molar refractivity (Wildman–Crippen MR) is 84.3 cm³/mol. The first-order valence-electron chi connectivity index (χ1n) is 6.88. The van der Waals surface area contributed by atoms with Gasteiger partial charge in [0.1, 0.15) is 4.99 Å². The van der Waals surface area contributed by atoms with E-state index in [1.165, 1.54) is 11.1 Å². The highest BCUT2D eigenvalue weighted by molar-refractivity contribution is 7.80. The molecule has 2 rings (SSSR count). The van der Waals surface area contributed by atoms with E-state index in [2.05, 4.69) is 17.9 Å². The number of nitrogens with two attached hydrogens (primary N) is 2. The van der Waals surface area contributed by atoms with Crippen molar-refractivity contribution >= 4 is 23.1 Å². The third-order valence-corrected chi connectivity index (χ3v) is 4.16. The molecule has 1 atom stereocenters. The summed E-state index contributed by atoms with van der Waals surface area (Å²) in [5, 5.41) is 0. The minimum Gasteiger partial charge on any atom is -0.389 e. The first kappa shape index (κ1) is 14.9. The maximum Gasteiger partial charge on any atom is 0.221 e. The van der Waals surface area contributed by atoms with Gasteiger partial charge < -0.3 is 11.5 Å². The Morgan fingerprint density at radius 2 is 2.20 bits per heavy atom. The molecule has 0 bridgehead atoms. The summed E-state index contributed by atoms with van der Waals surface area (Å²) in [7, 11) is 0. The number of thiocarbonyl (C=S) groups is 1. The Morgan fingerprint density at radius 1 is 1.45 bits per heavy atom. The third kappa shape index (κ3) is 3.55. The second kappa shape index (κ2) is 6.33. The van der Waals surface area contributed by atoms with Gasteiger partial charge in [-0.3, -0.25) is 9.69 Å². The first-order valence-corrected chi connectivity index (χ1v) is 7.29. The Balaban J connectivity index is 2.06. The lowest BCUT2D eigenvalue weighted by Crippen LogP contribution is -2.40. The monoisotopic (exact) mass is 291 g/mol. The number of nitrogens with zero attached hydrogens (tertiary/aromatic N) is 1. The Bertz CT molecular complexity index is 530. The van der Waals surface area contributed by atoms with Gasteiger partial charge in [0.15, 0.2) is 0 Å². The fourth-order valence-corrected chi connectivity index (χ4v) is 2.83. The lowest BCUT2D eigenvalue weighted by Gasteiger charge is -2.31. The molecule has 1 aromatic rings. The van der Waals surface area contributed by atoms with Crippen molar-refractivity contribution < 1.29 is 4.79 Å². The third-order valence-electron chi connectivity index (χ3n) is 3.93. The summed E-state index contributed by atoms with van der Waals surface area (Å²) >= 11 is 4.99. The van der Waals surface area contributed by atoms with Gasteiger partial charge >= 0.3 is 0 Å². The number of carbonyl (C=O) groups excluding carboxylic acids is 1. The summed E-state index contributed by atoms with van der Waals surface area (Å²) in [5.41, 5.74) is 14.4. The fraction of sp³-hybridized carbons (Fsp3) is 0.467. The highest BCUT2D eigenvalue weighted by Gasteiger charge is 2.24. The van der Waals surface area contributed by atoms with Crippen LogP contribution in [0.4, 0.5) is 0 Å². The van der Waals surface area contributed by atoms with E-state index in [4.69, 9.17) is 23.7 Å². The molecule has 0 aliphatic carbocycles. The number of piperidine rings is 1. The first-order chi connectivity index (χ1) is 9.47. The van der Waals surface area contributed by atoms with Crippen molar-refractivity contribution in [2.24, 2.45) is 17.4 Å². The summed E-state index contributed by atoms with van der Waals surface area (Å²) in [4.78, 5) is 14.0. The minimum absolute atomic E-state index is 0.0139. The van der Waals surface area contributed by atoms with E-state index in [0.29, 0.717) is 4.99 Å². The van der Waals surface area contributed by atoms with Gasteiger partial charge in [-0.2, -0.15) is 0 Å². The number of primary amides is 1. The van der Waals surface area contributed by atoms with Crippen molar-refractivity contribution in [2.45, 2.75) is 26.3 Å². The van der Waals surface area contributed by atoms with Crippen LogP contribution in [0.15, 0.2) is 18.2 Å². The minimum atomic E-state index is -0.185.